The van der Waals surface area contributed by atoms with Gasteiger partial charge >= 0.3 is 0 Å². The molecular weight excluding hydrogens is 286 g/mol. The molecule has 1 aromatic carbocycles. The van der Waals surface area contributed by atoms with Crippen LogP contribution < -0.4 is 16.4 Å². The summed E-state index contributed by atoms with van der Waals surface area (Å²) in [7, 11) is 0. The summed E-state index contributed by atoms with van der Waals surface area (Å²) in [6.45, 7) is 0.490. The Bertz CT molecular complexity index is 611. The van der Waals surface area contributed by atoms with Gasteiger partial charge in [0.1, 0.15) is 0 Å². The summed E-state index contributed by atoms with van der Waals surface area (Å²) in [4.78, 5) is 24.2. The Kier molecular flexibility index (Phi) is 5.48. The average Bonchev–Trinajstić information content (AvgIpc) is 3.00. The fraction of sp³-hybridized carbons (Fsp3) is 0.200. The van der Waals surface area contributed by atoms with Gasteiger partial charge in [0.15, 0.2) is 0 Å². The van der Waals surface area contributed by atoms with Crippen LogP contribution in [-0.4, -0.2) is 18.4 Å². The van der Waals surface area contributed by atoms with Crippen LogP contribution in [0.25, 0.3) is 0 Å². The number of carbonyl (C=O) groups excluding carboxylic acids is 2. The monoisotopic (exact) mass is 303 g/mol. The van der Waals surface area contributed by atoms with E-state index in [0.717, 1.165) is 0 Å². The van der Waals surface area contributed by atoms with E-state index in [0.29, 0.717) is 35.6 Å². The fourth-order valence-electron chi connectivity index (χ4n) is 1.76. The molecule has 0 saturated heterocycles. The molecule has 0 aliphatic rings. The molecule has 0 aliphatic carbocycles. The van der Waals surface area contributed by atoms with Crippen molar-refractivity contribution in [2.24, 2.45) is 5.73 Å². The molecule has 0 unspecified atom stereocenters. The molecule has 4 N–H and O–H groups in total. The van der Waals surface area contributed by atoms with Gasteiger partial charge in [-0.3, -0.25) is 9.59 Å². The zero-order valence-electron chi connectivity index (χ0n) is 11.5. The van der Waals surface area contributed by atoms with Crippen LogP contribution >= 0.6 is 11.3 Å². The molecule has 2 aromatic rings. The summed E-state index contributed by atoms with van der Waals surface area (Å²) >= 11 is 1.38. The number of hydrogen-bond acceptors (Lipinski definition) is 4. The summed E-state index contributed by atoms with van der Waals surface area (Å²) in [6, 6.07) is 10.7. The third-order valence-corrected chi connectivity index (χ3v) is 3.63. The molecule has 5 nitrogen and oxygen atoms in total. The Morgan fingerprint density at radius 3 is 2.52 bits per heavy atom. The van der Waals surface area contributed by atoms with E-state index >= 15 is 0 Å². The number of nitrogens with two attached hydrogens (primary N) is 1. The Morgan fingerprint density at radius 1 is 1.10 bits per heavy atom. The lowest BCUT2D eigenvalue weighted by molar-refractivity contribution is -0.116. The predicted molar refractivity (Wildman–Crippen MR) is 85.6 cm³/mol. The normalized spacial score (nSPS) is 10.1. The molecule has 0 radical (unpaired) electrons. The first kappa shape index (κ1) is 15.2. The van der Waals surface area contributed by atoms with E-state index in [1.807, 2.05) is 11.4 Å². The van der Waals surface area contributed by atoms with Gasteiger partial charge in [0.2, 0.25) is 5.91 Å². The number of nitrogens with one attached hydrogen (secondary N) is 2. The maximum absolute atomic E-state index is 11.9. The highest BCUT2D eigenvalue weighted by molar-refractivity contribution is 7.12. The topological polar surface area (TPSA) is 84.2 Å². The maximum Gasteiger partial charge on any atom is 0.265 e. The van der Waals surface area contributed by atoms with E-state index in [1.165, 1.54) is 11.3 Å². The van der Waals surface area contributed by atoms with Crippen molar-refractivity contribution in [1.82, 2.24) is 0 Å². The quantitative estimate of drug-likeness (QED) is 0.767. The minimum atomic E-state index is -0.156. The van der Waals surface area contributed by atoms with Gasteiger partial charge in [0.05, 0.1) is 4.88 Å². The van der Waals surface area contributed by atoms with E-state index in [1.54, 1.807) is 30.3 Å². The second-order valence-corrected chi connectivity index (χ2v) is 5.40. The molecule has 0 atom stereocenters. The third-order valence-electron chi connectivity index (χ3n) is 2.76. The SMILES string of the molecule is NCCCC(=O)Nc1cccc(NC(=O)c2cccs2)c1. The molecule has 0 saturated carbocycles. The Balaban J connectivity index is 1.97. The van der Waals surface area contributed by atoms with Crippen LogP contribution in [0.3, 0.4) is 0 Å². The van der Waals surface area contributed by atoms with Crippen LogP contribution in [-0.2, 0) is 4.79 Å². The van der Waals surface area contributed by atoms with Crippen LogP contribution in [0.1, 0.15) is 22.5 Å². The molecule has 0 spiro atoms. The Labute approximate surface area is 127 Å². The largest absolute Gasteiger partial charge is 0.330 e. The van der Waals surface area contributed by atoms with Crippen LogP contribution in [0.15, 0.2) is 41.8 Å². The highest BCUT2D eigenvalue weighted by atomic mass is 32.1. The van der Waals surface area contributed by atoms with E-state index in [2.05, 4.69) is 10.6 Å². The van der Waals surface area contributed by atoms with Crippen molar-refractivity contribution in [1.29, 1.82) is 0 Å². The van der Waals surface area contributed by atoms with Crippen molar-refractivity contribution >= 4 is 34.5 Å². The molecule has 21 heavy (non-hydrogen) atoms. The van der Waals surface area contributed by atoms with Gasteiger partial charge < -0.3 is 16.4 Å². The molecule has 0 bridgehead atoms. The Hall–Kier alpha value is -2.18. The zero-order valence-corrected chi connectivity index (χ0v) is 12.3. The van der Waals surface area contributed by atoms with E-state index in [-0.39, 0.29) is 11.8 Å². The van der Waals surface area contributed by atoms with Crippen LogP contribution in [0.4, 0.5) is 11.4 Å². The smallest absolute Gasteiger partial charge is 0.265 e. The molecule has 6 heteroatoms. The highest BCUT2D eigenvalue weighted by Gasteiger charge is 2.07. The first-order valence-corrected chi connectivity index (χ1v) is 7.52. The lowest BCUT2D eigenvalue weighted by atomic mass is 10.2. The zero-order chi connectivity index (χ0) is 15.1. The van der Waals surface area contributed by atoms with E-state index < -0.39 is 0 Å². The number of anilines is 2. The molecule has 0 fully saturated rings. The minimum Gasteiger partial charge on any atom is -0.330 e. The van der Waals surface area contributed by atoms with Crippen molar-refractivity contribution in [3.05, 3.63) is 46.7 Å². The lowest BCUT2D eigenvalue weighted by Gasteiger charge is -2.08. The average molecular weight is 303 g/mol. The highest BCUT2D eigenvalue weighted by Crippen LogP contribution is 2.17. The third kappa shape index (κ3) is 4.70. The number of carbonyl (C=O) groups is 2. The van der Waals surface area contributed by atoms with Gasteiger partial charge in [0, 0.05) is 17.8 Å². The molecule has 2 rings (SSSR count). The van der Waals surface area contributed by atoms with Gasteiger partial charge in [-0.1, -0.05) is 12.1 Å². The second kappa shape index (κ2) is 7.56. The van der Waals surface area contributed by atoms with E-state index in [4.69, 9.17) is 5.73 Å². The fourth-order valence-corrected chi connectivity index (χ4v) is 2.38. The summed E-state index contributed by atoms with van der Waals surface area (Å²) in [5, 5.41) is 7.43. The number of hydrogen-bond donors (Lipinski definition) is 3. The number of thiophene rings is 1. The molecule has 110 valence electrons. The van der Waals surface area contributed by atoms with Crippen LogP contribution in [0.2, 0.25) is 0 Å². The summed E-state index contributed by atoms with van der Waals surface area (Å²) in [5.74, 6) is -0.237. The molecule has 2 amide bonds. The van der Waals surface area contributed by atoms with Gasteiger partial charge in [0.25, 0.3) is 5.91 Å². The van der Waals surface area contributed by atoms with Crippen molar-refractivity contribution in [2.45, 2.75) is 12.8 Å². The first-order chi connectivity index (χ1) is 10.2. The van der Waals surface area contributed by atoms with Crippen LogP contribution in [0.5, 0.6) is 0 Å². The van der Waals surface area contributed by atoms with Crippen LogP contribution in [0, 0.1) is 0 Å². The minimum absolute atomic E-state index is 0.0813. The van der Waals surface area contributed by atoms with E-state index in [9.17, 15) is 9.59 Å². The van der Waals surface area contributed by atoms with Crippen molar-refractivity contribution in [3.63, 3.8) is 0 Å². The molecular formula is C15H17N3O2S. The number of amides is 2. The summed E-state index contributed by atoms with van der Waals surface area (Å²) in [6.07, 6.45) is 1.04. The maximum atomic E-state index is 11.9. The predicted octanol–water partition coefficient (Wildman–Crippen LogP) is 2.68. The van der Waals surface area contributed by atoms with Crippen molar-refractivity contribution < 1.29 is 9.59 Å². The molecule has 1 heterocycles. The van der Waals surface area contributed by atoms with Gasteiger partial charge in [-0.15, -0.1) is 11.3 Å². The second-order valence-electron chi connectivity index (χ2n) is 4.45. The number of rotatable bonds is 6. The van der Waals surface area contributed by atoms with Gasteiger partial charge in [-0.2, -0.15) is 0 Å². The molecule has 0 aliphatic heterocycles. The summed E-state index contributed by atoms with van der Waals surface area (Å²) in [5.41, 5.74) is 6.67. The van der Waals surface area contributed by atoms with Crippen molar-refractivity contribution in [3.8, 4) is 0 Å². The van der Waals surface area contributed by atoms with Gasteiger partial charge in [-0.25, -0.2) is 0 Å². The number of benzene rings is 1. The first-order valence-electron chi connectivity index (χ1n) is 6.64. The van der Waals surface area contributed by atoms with Gasteiger partial charge in [-0.05, 0) is 42.6 Å². The standard InChI is InChI=1S/C15H17N3O2S/c16-8-2-7-14(19)17-11-4-1-5-12(10-11)18-15(20)13-6-3-9-21-13/h1,3-6,9-10H,2,7-8,16H2,(H,17,19)(H,18,20). The molecule has 1 aromatic heterocycles. The Morgan fingerprint density at radius 2 is 1.86 bits per heavy atom. The summed E-state index contributed by atoms with van der Waals surface area (Å²) < 4.78 is 0. The van der Waals surface area contributed by atoms with Crippen molar-refractivity contribution in [2.75, 3.05) is 17.2 Å². The lowest BCUT2D eigenvalue weighted by Crippen LogP contribution is -2.14.